The first kappa shape index (κ1) is 27.5. The maximum atomic E-state index is 13.3. The van der Waals surface area contributed by atoms with Gasteiger partial charge in [0.1, 0.15) is 5.60 Å². The molecular formula is C27H39N3O6. The molecule has 2 aliphatic rings. The zero-order valence-corrected chi connectivity index (χ0v) is 21.9. The normalized spacial score (nSPS) is 19.1. The zero-order valence-electron chi connectivity index (χ0n) is 21.9. The molecule has 2 fully saturated rings. The highest BCUT2D eigenvalue weighted by molar-refractivity contribution is 6.11. The number of hydrogen-bond acceptors (Lipinski definition) is 7. The Kier molecular flexibility index (Phi) is 8.98. The van der Waals surface area contributed by atoms with Crippen LogP contribution in [0.2, 0.25) is 0 Å². The molecule has 9 heteroatoms. The highest BCUT2D eigenvalue weighted by Crippen LogP contribution is 2.28. The molecule has 1 atom stereocenters. The second-order valence-corrected chi connectivity index (χ2v) is 10.8. The van der Waals surface area contributed by atoms with E-state index in [4.69, 9.17) is 15.2 Å². The van der Waals surface area contributed by atoms with E-state index in [0.717, 1.165) is 25.7 Å². The fraction of sp³-hybridized carbons (Fsp3) is 0.630. The number of amides is 2. The molecule has 2 aliphatic heterocycles. The Morgan fingerprint density at radius 1 is 1.03 bits per heavy atom. The van der Waals surface area contributed by atoms with E-state index in [-0.39, 0.29) is 34.6 Å². The lowest BCUT2D eigenvalue weighted by Crippen LogP contribution is -2.43. The Morgan fingerprint density at radius 3 is 2.36 bits per heavy atom. The van der Waals surface area contributed by atoms with E-state index in [1.54, 1.807) is 21.9 Å². The Balaban J connectivity index is 1.52. The van der Waals surface area contributed by atoms with E-state index in [2.05, 4.69) is 0 Å². The van der Waals surface area contributed by atoms with Crippen LogP contribution in [-0.4, -0.2) is 72.4 Å². The van der Waals surface area contributed by atoms with Gasteiger partial charge < -0.3 is 25.0 Å². The van der Waals surface area contributed by atoms with Gasteiger partial charge in [-0.2, -0.15) is 0 Å². The first-order valence-electron chi connectivity index (χ1n) is 12.8. The van der Waals surface area contributed by atoms with Crippen molar-refractivity contribution in [1.29, 1.82) is 0 Å². The molecule has 9 nitrogen and oxygen atoms in total. The maximum absolute atomic E-state index is 13.3. The largest absolute Gasteiger partial charge is 0.465 e. The van der Waals surface area contributed by atoms with Crippen LogP contribution in [0.4, 0.5) is 10.5 Å². The number of Topliss-reactive ketones (excluding diaryl/α,β-unsaturated/α-hetero) is 1. The zero-order chi connectivity index (χ0) is 26.5. The summed E-state index contributed by atoms with van der Waals surface area (Å²) >= 11 is 0. The summed E-state index contributed by atoms with van der Waals surface area (Å²) in [5, 5.41) is 0. The summed E-state index contributed by atoms with van der Waals surface area (Å²) in [4.78, 5) is 54.3. The van der Waals surface area contributed by atoms with E-state index in [9.17, 15) is 19.2 Å². The van der Waals surface area contributed by atoms with Gasteiger partial charge in [-0.25, -0.2) is 9.59 Å². The van der Waals surface area contributed by atoms with Gasteiger partial charge in [0.2, 0.25) is 5.91 Å². The number of esters is 1. The number of nitrogens with zero attached hydrogens (tertiary/aromatic N) is 2. The van der Waals surface area contributed by atoms with Crippen molar-refractivity contribution in [3.05, 3.63) is 29.3 Å². The second-order valence-electron chi connectivity index (χ2n) is 10.8. The molecule has 198 valence electrons. The molecular weight excluding hydrogens is 462 g/mol. The minimum absolute atomic E-state index is 0.0382. The molecule has 2 heterocycles. The Hall–Kier alpha value is -3.10. The summed E-state index contributed by atoms with van der Waals surface area (Å²) in [7, 11) is 1.27. The van der Waals surface area contributed by atoms with E-state index >= 15 is 0 Å². The second kappa shape index (κ2) is 11.8. The van der Waals surface area contributed by atoms with Crippen molar-refractivity contribution >= 4 is 29.4 Å². The average Bonchev–Trinajstić information content (AvgIpc) is 2.85. The smallest absolute Gasteiger partial charge is 0.410 e. The molecule has 0 aliphatic carbocycles. The van der Waals surface area contributed by atoms with Crippen LogP contribution >= 0.6 is 0 Å². The predicted octanol–water partition coefficient (Wildman–Crippen LogP) is 3.90. The third-order valence-electron chi connectivity index (χ3n) is 6.93. The first-order chi connectivity index (χ1) is 17.0. The van der Waals surface area contributed by atoms with Crippen molar-refractivity contribution in [1.82, 2.24) is 9.80 Å². The number of benzene rings is 1. The number of ether oxygens (including phenoxy) is 2. The van der Waals surface area contributed by atoms with Crippen molar-refractivity contribution < 1.29 is 28.7 Å². The van der Waals surface area contributed by atoms with Crippen LogP contribution in [-0.2, 0) is 14.3 Å². The minimum atomic E-state index is -0.605. The van der Waals surface area contributed by atoms with Crippen molar-refractivity contribution in [2.45, 2.75) is 64.9 Å². The summed E-state index contributed by atoms with van der Waals surface area (Å²) in [5.41, 5.74) is 6.13. The molecule has 0 radical (unpaired) electrons. The lowest BCUT2D eigenvalue weighted by molar-refractivity contribution is -0.133. The monoisotopic (exact) mass is 501 g/mol. The molecule has 2 saturated heterocycles. The molecule has 0 saturated carbocycles. The molecule has 0 aromatic heterocycles. The molecule has 1 aromatic carbocycles. The van der Waals surface area contributed by atoms with Gasteiger partial charge in [0.05, 0.1) is 18.2 Å². The van der Waals surface area contributed by atoms with Crippen LogP contribution in [0, 0.1) is 11.8 Å². The quantitative estimate of drug-likeness (QED) is 0.357. The minimum Gasteiger partial charge on any atom is -0.465 e. The van der Waals surface area contributed by atoms with E-state index in [1.165, 1.54) is 13.2 Å². The number of anilines is 1. The Labute approximate surface area is 213 Å². The van der Waals surface area contributed by atoms with Crippen LogP contribution in [0.5, 0.6) is 0 Å². The maximum Gasteiger partial charge on any atom is 0.410 e. The summed E-state index contributed by atoms with van der Waals surface area (Å²) in [6.45, 7) is 7.78. The van der Waals surface area contributed by atoms with Crippen LogP contribution in [0.25, 0.3) is 0 Å². The number of nitrogens with two attached hydrogens (primary N) is 1. The number of methoxy groups -OCH3 is 1. The van der Waals surface area contributed by atoms with Gasteiger partial charge in [0, 0.05) is 44.2 Å². The van der Waals surface area contributed by atoms with Crippen molar-refractivity contribution in [2.75, 3.05) is 39.0 Å². The number of rotatable bonds is 6. The third kappa shape index (κ3) is 6.98. The molecule has 0 spiro atoms. The Morgan fingerprint density at radius 2 is 1.72 bits per heavy atom. The molecule has 3 rings (SSSR count). The fourth-order valence-electron chi connectivity index (χ4n) is 4.96. The van der Waals surface area contributed by atoms with E-state index < -0.39 is 17.5 Å². The van der Waals surface area contributed by atoms with Gasteiger partial charge >= 0.3 is 12.1 Å². The summed E-state index contributed by atoms with van der Waals surface area (Å²) in [6.07, 6.45) is 3.94. The van der Waals surface area contributed by atoms with Gasteiger partial charge in [-0.05, 0) is 70.9 Å². The van der Waals surface area contributed by atoms with Crippen LogP contribution < -0.4 is 5.73 Å². The lowest BCUT2D eigenvalue weighted by atomic mass is 9.86. The van der Waals surface area contributed by atoms with Crippen LogP contribution in [0.15, 0.2) is 18.2 Å². The molecule has 2 N–H and O–H groups in total. The number of piperidine rings is 2. The van der Waals surface area contributed by atoms with Crippen molar-refractivity contribution in [3.8, 4) is 0 Å². The summed E-state index contributed by atoms with van der Waals surface area (Å²) in [6, 6.07) is 4.75. The van der Waals surface area contributed by atoms with Crippen LogP contribution in [0.3, 0.4) is 0 Å². The molecule has 0 bridgehead atoms. The van der Waals surface area contributed by atoms with Crippen molar-refractivity contribution in [2.24, 2.45) is 11.8 Å². The standard InChI is InChI=1S/C27H39N3O6/c1-27(2,3)36-26(34)29-15-12-18(13-16-29)10-11-22(31)30-14-6-7-19(17-30)24(32)23-20(25(33)35-4)8-5-9-21(23)28/h5,8-9,18-19H,6-7,10-17,28H2,1-4H3/t19-/m1/s1. The summed E-state index contributed by atoms with van der Waals surface area (Å²) in [5.74, 6) is -0.821. The van der Waals surface area contributed by atoms with E-state index in [1.807, 2.05) is 20.8 Å². The topological polar surface area (TPSA) is 119 Å². The van der Waals surface area contributed by atoms with Gasteiger partial charge in [-0.3, -0.25) is 9.59 Å². The fourth-order valence-corrected chi connectivity index (χ4v) is 4.96. The summed E-state index contributed by atoms with van der Waals surface area (Å²) < 4.78 is 10.3. The number of hydrogen-bond donors (Lipinski definition) is 1. The first-order valence-corrected chi connectivity index (χ1v) is 12.8. The number of carbonyl (C=O) groups excluding carboxylic acids is 4. The van der Waals surface area contributed by atoms with Gasteiger partial charge in [0.15, 0.2) is 5.78 Å². The number of nitrogen functional groups attached to an aromatic ring is 1. The predicted molar refractivity (Wildman–Crippen MR) is 136 cm³/mol. The average molecular weight is 502 g/mol. The van der Waals surface area contributed by atoms with Gasteiger partial charge in [0.25, 0.3) is 0 Å². The number of ketones is 1. The number of carbonyl (C=O) groups is 4. The Bertz CT molecular complexity index is 978. The number of likely N-dealkylation sites (tertiary alicyclic amines) is 2. The van der Waals surface area contributed by atoms with E-state index in [0.29, 0.717) is 44.9 Å². The SMILES string of the molecule is COC(=O)c1cccc(N)c1C(=O)[C@@H]1CCCN(C(=O)CCC2CCN(C(=O)OC(C)(C)C)CC2)C1. The molecule has 0 unspecified atom stereocenters. The molecule has 36 heavy (non-hydrogen) atoms. The van der Waals surface area contributed by atoms with Crippen molar-refractivity contribution in [3.63, 3.8) is 0 Å². The highest BCUT2D eigenvalue weighted by atomic mass is 16.6. The molecule has 1 aromatic rings. The lowest BCUT2D eigenvalue weighted by Gasteiger charge is -2.34. The van der Waals surface area contributed by atoms with Crippen LogP contribution in [0.1, 0.15) is 80.0 Å². The third-order valence-corrected chi connectivity index (χ3v) is 6.93. The van der Waals surface area contributed by atoms with Gasteiger partial charge in [-0.1, -0.05) is 6.07 Å². The van der Waals surface area contributed by atoms with Gasteiger partial charge in [-0.15, -0.1) is 0 Å². The molecule has 2 amide bonds. The highest BCUT2D eigenvalue weighted by Gasteiger charge is 2.33.